The van der Waals surface area contributed by atoms with Gasteiger partial charge in [-0.15, -0.1) is 10.2 Å². The maximum absolute atomic E-state index is 5.61. The highest BCUT2D eigenvalue weighted by Gasteiger charge is 2.51. The van der Waals surface area contributed by atoms with Crippen LogP contribution in [0.5, 0.6) is 0 Å². The second-order valence-electron chi connectivity index (χ2n) is 4.50. The summed E-state index contributed by atoms with van der Waals surface area (Å²) < 4.78 is 5.61. The predicted molar refractivity (Wildman–Crippen MR) is 50.9 cm³/mol. The van der Waals surface area contributed by atoms with Crippen LogP contribution in [0.1, 0.15) is 31.0 Å². The average Bonchev–Trinajstić information content (AvgIpc) is 2.75. The summed E-state index contributed by atoms with van der Waals surface area (Å²) in [5.74, 6) is 2.26. The molecule has 0 spiro atoms. The fourth-order valence-corrected chi connectivity index (χ4v) is 3.00. The topological polar surface area (TPSA) is 51.0 Å². The average molecular weight is 193 g/mol. The zero-order chi connectivity index (χ0) is 9.60. The first-order valence-corrected chi connectivity index (χ1v) is 5.32. The molecule has 1 aromatic heterocycles. The Kier molecular flexibility index (Phi) is 1.68. The Bertz CT molecular complexity index is 337. The van der Waals surface area contributed by atoms with Crippen molar-refractivity contribution in [1.82, 2.24) is 15.5 Å². The fourth-order valence-electron chi connectivity index (χ4n) is 3.00. The van der Waals surface area contributed by atoms with E-state index >= 15 is 0 Å². The standard InChI is InChI=1S/C10H15N3O/c1-7-12-13-9(14-7)10-4-2-3-8(10)5-11-6-10/h8,11H,2-6H2,1H3/t8-,10-/m0/s1. The molecule has 1 saturated heterocycles. The van der Waals surface area contributed by atoms with Crippen LogP contribution in [0.25, 0.3) is 0 Å². The van der Waals surface area contributed by atoms with E-state index in [1.165, 1.54) is 19.3 Å². The molecule has 0 radical (unpaired) electrons. The van der Waals surface area contributed by atoms with Crippen molar-refractivity contribution in [2.24, 2.45) is 5.92 Å². The maximum Gasteiger partial charge on any atom is 0.224 e. The van der Waals surface area contributed by atoms with E-state index in [0.717, 1.165) is 19.0 Å². The van der Waals surface area contributed by atoms with Gasteiger partial charge >= 0.3 is 0 Å². The van der Waals surface area contributed by atoms with E-state index in [0.29, 0.717) is 11.8 Å². The first-order valence-electron chi connectivity index (χ1n) is 5.32. The highest BCUT2D eigenvalue weighted by molar-refractivity contribution is 5.15. The molecule has 3 rings (SSSR count). The highest BCUT2D eigenvalue weighted by Crippen LogP contribution is 2.47. The minimum atomic E-state index is 0.168. The Balaban J connectivity index is 2.02. The third kappa shape index (κ3) is 0.974. The van der Waals surface area contributed by atoms with E-state index in [9.17, 15) is 0 Å². The summed E-state index contributed by atoms with van der Waals surface area (Å²) in [6, 6.07) is 0. The molecular weight excluding hydrogens is 178 g/mol. The van der Waals surface area contributed by atoms with Gasteiger partial charge in [0.2, 0.25) is 11.8 Å². The molecule has 1 aliphatic heterocycles. The molecule has 2 aliphatic rings. The minimum Gasteiger partial charge on any atom is -0.425 e. The summed E-state index contributed by atoms with van der Waals surface area (Å²) in [5, 5.41) is 11.6. The smallest absolute Gasteiger partial charge is 0.224 e. The van der Waals surface area contributed by atoms with Crippen molar-refractivity contribution in [2.75, 3.05) is 13.1 Å². The number of hydrogen-bond acceptors (Lipinski definition) is 4. The number of aryl methyl sites for hydroxylation is 1. The van der Waals surface area contributed by atoms with Crippen LogP contribution < -0.4 is 5.32 Å². The van der Waals surface area contributed by atoms with Crippen molar-refractivity contribution in [3.8, 4) is 0 Å². The lowest BCUT2D eigenvalue weighted by Crippen LogP contribution is -2.31. The van der Waals surface area contributed by atoms with Crippen molar-refractivity contribution in [1.29, 1.82) is 0 Å². The molecule has 2 atom stereocenters. The Morgan fingerprint density at radius 3 is 3.21 bits per heavy atom. The van der Waals surface area contributed by atoms with Gasteiger partial charge in [0.05, 0.1) is 5.41 Å². The van der Waals surface area contributed by atoms with E-state index in [2.05, 4.69) is 15.5 Å². The van der Waals surface area contributed by atoms with Gasteiger partial charge in [0.25, 0.3) is 0 Å². The quantitative estimate of drug-likeness (QED) is 0.723. The number of fused-ring (bicyclic) bond motifs is 1. The van der Waals surface area contributed by atoms with E-state index in [4.69, 9.17) is 4.42 Å². The molecule has 1 N–H and O–H groups in total. The van der Waals surface area contributed by atoms with Crippen molar-refractivity contribution in [3.63, 3.8) is 0 Å². The number of aromatic nitrogens is 2. The van der Waals surface area contributed by atoms with Gasteiger partial charge in [0, 0.05) is 13.5 Å². The first kappa shape index (κ1) is 8.41. The number of rotatable bonds is 1. The molecule has 4 nitrogen and oxygen atoms in total. The van der Waals surface area contributed by atoms with Crippen LogP contribution >= 0.6 is 0 Å². The lowest BCUT2D eigenvalue weighted by Gasteiger charge is -2.23. The number of nitrogens with one attached hydrogen (secondary N) is 1. The van der Waals surface area contributed by atoms with Gasteiger partial charge in [-0.2, -0.15) is 0 Å². The molecule has 0 amide bonds. The Hall–Kier alpha value is -0.900. The summed E-state index contributed by atoms with van der Waals surface area (Å²) in [7, 11) is 0. The molecule has 2 heterocycles. The van der Waals surface area contributed by atoms with Crippen LogP contribution in [0.15, 0.2) is 4.42 Å². The van der Waals surface area contributed by atoms with Gasteiger partial charge in [-0.25, -0.2) is 0 Å². The summed E-state index contributed by atoms with van der Waals surface area (Å²) in [4.78, 5) is 0. The van der Waals surface area contributed by atoms with E-state index < -0.39 is 0 Å². The van der Waals surface area contributed by atoms with Crippen LogP contribution in [0.4, 0.5) is 0 Å². The number of nitrogens with zero attached hydrogens (tertiary/aromatic N) is 2. The second-order valence-corrected chi connectivity index (χ2v) is 4.50. The molecule has 1 aliphatic carbocycles. The molecule has 0 unspecified atom stereocenters. The predicted octanol–water partition coefficient (Wildman–Crippen LogP) is 1.02. The molecule has 76 valence electrons. The van der Waals surface area contributed by atoms with E-state index in [1.807, 2.05) is 6.92 Å². The third-order valence-electron chi connectivity index (χ3n) is 3.74. The largest absolute Gasteiger partial charge is 0.425 e. The third-order valence-corrected chi connectivity index (χ3v) is 3.74. The molecule has 2 fully saturated rings. The zero-order valence-corrected chi connectivity index (χ0v) is 8.42. The summed E-state index contributed by atoms with van der Waals surface area (Å²) in [6.45, 7) is 3.99. The summed E-state index contributed by atoms with van der Waals surface area (Å²) in [5.41, 5.74) is 0.168. The van der Waals surface area contributed by atoms with Crippen molar-refractivity contribution in [2.45, 2.75) is 31.6 Å². The molecule has 0 bridgehead atoms. The van der Waals surface area contributed by atoms with E-state index in [-0.39, 0.29) is 5.41 Å². The molecular formula is C10H15N3O. The monoisotopic (exact) mass is 193 g/mol. The summed E-state index contributed by atoms with van der Waals surface area (Å²) in [6.07, 6.45) is 3.80. The van der Waals surface area contributed by atoms with Crippen LogP contribution in [-0.4, -0.2) is 23.3 Å². The normalized spacial score (nSPS) is 36.2. The maximum atomic E-state index is 5.61. The molecule has 4 heteroatoms. The van der Waals surface area contributed by atoms with Crippen molar-refractivity contribution in [3.05, 3.63) is 11.8 Å². The van der Waals surface area contributed by atoms with Gasteiger partial charge in [0.1, 0.15) is 0 Å². The van der Waals surface area contributed by atoms with Gasteiger partial charge < -0.3 is 9.73 Å². The van der Waals surface area contributed by atoms with Gasteiger partial charge in [-0.3, -0.25) is 0 Å². The highest BCUT2D eigenvalue weighted by atomic mass is 16.4. The van der Waals surface area contributed by atoms with Crippen molar-refractivity contribution < 1.29 is 4.42 Å². The van der Waals surface area contributed by atoms with Crippen molar-refractivity contribution >= 4 is 0 Å². The van der Waals surface area contributed by atoms with Crippen LogP contribution in [0.3, 0.4) is 0 Å². The zero-order valence-electron chi connectivity index (χ0n) is 8.42. The Morgan fingerprint density at radius 1 is 1.50 bits per heavy atom. The van der Waals surface area contributed by atoms with Gasteiger partial charge in [-0.05, 0) is 25.3 Å². The molecule has 14 heavy (non-hydrogen) atoms. The SMILES string of the molecule is Cc1nnc([C@]23CCC[C@H]2CNC3)o1. The summed E-state index contributed by atoms with van der Waals surface area (Å²) >= 11 is 0. The fraction of sp³-hybridized carbons (Fsp3) is 0.800. The van der Waals surface area contributed by atoms with E-state index in [1.54, 1.807) is 0 Å². The van der Waals surface area contributed by atoms with Gasteiger partial charge in [0.15, 0.2) is 0 Å². The lowest BCUT2D eigenvalue weighted by molar-refractivity contribution is 0.298. The van der Waals surface area contributed by atoms with Crippen LogP contribution in [0.2, 0.25) is 0 Å². The second kappa shape index (κ2) is 2.79. The lowest BCUT2D eigenvalue weighted by atomic mass is 9.81. The Morgan fingerprint density at radius 2 is 2.43 bits per heavy atom. The molecule has 0 aromatic carbocycles. The van der Waals surface area contributed by atoms with Gasteiger partial charge in [-0.1, -0.05) is 6.42 Å². The van der Waals surface area contributed by atoms with Crippen LogP contribution in [0, 0.1) is 12.8 Å². The molecule has 1 saturated carbocycles. The van der Waals surface area contributed by atoms with Crippen LogP contribution in [-0.2, 0) is 5.41 Å². The Labute approximate surface area is 83.1 Å². The number of hydrogen-bond donors (Lipinski definition) is 1. The minimum absolute atomic E-state index is 0.168. The molecule has 1 aromatic rings. The first-order chi connectivity index (χ1) is 6.81.